The van der Waals surface area contributed by atoms with Gasteiger partial charge in [0.05, 0.1) is 30.3 Å². The molecule has 3 atom stereocenters. The molecule has 230 valence electrons. The van der Waals surface area contributed by atoms with Crippen molar-refractivity contribution in [3.8, 4) is 6.01 Å². The van der Waals surface area contributed by atoms with Crippen LogP contribution in [0.15, 0.2) is 25.0 Å². The lowest BCUT2D eigenvalue weighted by atomic mass is 10.0. The number of carbonyl (C=O) groups excluding carboxylic acids is 1. The molecule has 0 saturated carbocycles. The van der Waals surface area contributed by atoms with Crippen LogP contribution in [0.5, 0.6) is 6.01 Å². The van der Waals surface area contributed by atoms with Crippen molar-refractivity contribution < 1.29 is 27.1 Å². The second-order valence-electron chi connectivity index (χ2n) is 11.4. The fourth-order valence-corrected chi connectivity index (χ4v) is 6.31. The molecule has 0 aromatic carbocycles. The highest BCUT2D eigenvalue weighted by Gasteiger charge is 2.40. The number of aromatic nitrogens is 3. The van der Waals surface area contributed by atoms with Crippen molar-refractivity contribution in [2.24, 2.45) is 5.92 Å². The molecule has 5 heterocycles. The van der Waals surface area contributed by atoms with E-state index in [0.717, 1.165) is 24.7 Å². The van der Waals surface area contributed by atoms with E-state index in [0.29, 0.717) is 56.3 Å². The number of likely N-dealkylation sites (N-methyl/N-ethyl adjacent to an activating group) is 1. The number of carbonyl (C=O) groups is 1. The fourth-order valence-electron chi connectivity index (χ4n) is 6.31. The molecule has 43 heavy (non-hydrogen) atoms. The van der Waals surface area contributed by atoms with Crippen LogP contribution in [0.1, 0.15) is 30.2 Å². The summed E-state index contributed by atoms with van der Waals surface area (Å²) in [4.78, 5) is 36.3. The van der Waals surface area contributed by atoms with Gasteiger partial charge in [0, 0.05) is 44.3 Å². The van der Waals surface area contributed by atoms with Crippen LogP contribution in [0.2, 0.25) is 0 Å². The van der Waals surface area contributed by atoms with Gasteiger partial charge in [0.25, 0.3) is 0 Å². The van der Waals surface area contributed by atoms with Gasteiger partial charge in [0.15, 0.2) is 5.82 Å². The van der Waals surface area contributed by atoms with E-state index in [4.69, 9.17) is 16.3 Å². The molecular formula is C29H34F4N8O2. The topological polar surface area (TPSA) is 82.3 Å². The van der Waals surface area contributed by atoms with Gasteiger partial charge in [-0.05, 0) is 31.9 Å². The van der Waals surface area contributed by atoms with Crippen molar-refractivity contribution in [2.75, 3.05) is 62.7 Å². The summed E-state index contributed by atoms with van der Waals surface area (Å²) in [6, 6.07) is -0.129. The van der Waals surface area contributed by atoms with E-state index < -0.39 is 23.6 Å². The summed E-state index contributed by atoms with van der Waals surface area (Å²) in [6.07, 6.45) is -0.838. The van der Waals surface area contributed by atoms with Crippen molar-refractivity contribution in [1.82, 2.24) is 24.8 Å². The molecule has 3 aliphatic rings. The predicted molar refractivity (Wildman–Crippen MR) is 151 cm³/mol. The molecule has 2 saturated heterocycles. The second-order valence-corrected chi connectivity index (χ2v) is 11.4. The van der Waals surface area contributed by atoms with Crippen LogP contribution in [0, 0.1) is 18.3 Å². The van der Waals surface area contributed by atoms with Gasteiger partial charge in [-0.15, -0.1) is 0 Å². The normalized spacial score (nSPS) is 22.7. The molecule has 2 fully saturated rings. The number of fused-ring (bicyclic) bond motifs is 1. The van der Waals surface area contributed by atoms with E-state index in [-0.39, 0.29) is 43.3 Å². The molecule has 0 radical (unpaired) electrons. The molecule has 0 N–H and O–H groups in total. The third-order valence-corrected chi connectivity index (χ3v) is 8.37. The van der Waals surface area contributed by atoms with Crippen molar-refractivity contribution in [3.63, 3.8) is 0 Å². The summed E-state index contributed by atoms with van der Waals surface area (Å²) in [5.41, 5.74) is -0.489. The Morgan fingerprint density at radius 1 is 1.19 bits per heavy atom. The summed E-state index contributed by atoms with van der Waals surface area (Å²) in [5, 5.41) is 0. The van der Waals surface area contributed by atoms with Gasteiger partial charge in [0.2, 0.25) is 12.5 Å². The van der Waals surface area contributed by atoms with Crippen LogP contribution in [0.3, 0.4) is 0 Å². The zero-order valence-corrected chi connectivity index (χ0v) is 24.1. The first kappa shape index (κ1) is 30.5. The average molecular weight is 603 g/mol. The Kier molecular flexibility index (Phi) is 8.73. The van der Waals surface area contributed by atoms with E-state index >= 15 is 0 Å². The van der Waals surface area contributed by atoms with Crippen molar-refractivity contribution >= 4 is 17.4 Å². The van der Waals surface area contributed by atoms with E-state index in [1.165, 1.54) is 11.0 Å². The first-order chi connectivity index (χ1) is 20.5. The lowest BCUT2D eigenvalue weighted by Gasteiger charge is -2.41. The van der Waals surface area contributed by atoms with Gasteiger partial charge < -0.3 is 24.3 Å². The minimum absolute atomic E-state index is 0.0316. The van der Waals surface area contributed by atoms with Crippen LogP contribution in [-0.2, 0) is 23.9 Å². The maximum absolute atomic E-state index is 14.4. The molecule has 14 heteroatoms. The summed E-state index contributed by atoms with van der Waals surface area (Å²) < 4.78 is 62.0. The van der Waals surface area contributed by atoms with Crippen LogP contribution in [0.25, 0.3) is 4.85 Å². The Bertz CT molecular complexity index is 1410. The number of anilines is 2. The molecule has 10 nitrogen and oxygen atoms in total. The van der Waals surface area contributed by atoms with Gasteiger partial charge in [0.1, 0.15) is 24.0 Å². The predicted octanol–water partition coefficient (Wildman–Crippen LogP) is 3.43. The number of alkyl halides is 3. The second kappa shape index (κ2) is 12.3. The molecule has 2 aromatic rings. The average Bonchev–Trinajstić information content (AvgIpc) is 3.30. The first-order valence-corrected chi connectivity index (χ1v) is 14.2. The molecule has 0 unspecified atom stereocenters. The molecular weight excluding hydrogens is 568 g/mol. The number of nitrogens with zero attached hydrogens (tertiary/aromatic N) is 8. The Hall–Kier alpha value is -3.99. The highest BCUT2D eigenvalue weighted by atomic mass is 19.4. The van der Waals surface area contributed by atoms with E-state index in [2.05, 4.69) is 33.2 Å². The highest BCUT2D eigenvalue weighted by Crippen LogP contribution is 2.40. The van der Waals surface area contributed by atoms with Crippen molar-refractivity contribution in [2.45, 2.75) is 44.6 Å². The van der Waals surface area contributed by atoms with Crippen LogP contribution in [0.4, 0.5) is 29.1 Å². The fraction of sp³-hybridized carbons (Fsp3) is 0.552. The van der Waals surface area contributed by atoms with Gasteiger partial charge in [-0.3, -0.25) is 14.7 Å². The minimum atomic E-state index is -4.90. The maximum Gasteiger partial charge on any atom is 0.421 e. The number of hydrogen-bond donors (Lipinski definition) is 0. The number of pyridine rings is 1. The maximum atomic E-state index is 14.4. The third-order valence-electron chi connectivity index (χ3n) is 8.37. The zero-order valence-electron chi connectivity index (χ0n) is 24.1. The summed E-state index contributed by atoms with van der Waals surface area (Å²) >= 11 is 0. The Morgan fingerprint density at radius 3 is 2.65 bits per heavy atom. The molecule has 1 amide bonds. The molecule has 2 aromatic heterocycles. The monoisotopic (exact) mass is 602 g/mol. The minimum Gasteiger partial charge on any atom is -0.462 e. The lowest BCUT2D eigenvalue weighted by molar-refractivity contribution is -0.139. The van der Waals surface area contributed by atoms with Gasteiger partial charge in [-0.1, -0.05) is 13.5 Å². The lowest BCUT2D eigenvalue weighted by Crippen LogP contribution is -2.56. The standard InChI is InChI=1S/C29H34F4N8O2/c1-5-25(42)41-9-8-40(15-20(41)11-34-3)27-21-6-7-39(24-13-35-12-22(30)26(24)29(31,32)33)16-23(21)36-28(37-27)43-17-19-10-18(2)14-38(19)4/h5,12-13,18-20H,1,6-11,14-17H2,2,4H3/t18-,19+,20+/m1/s1. The number of rotatable bonds is 7. The quantitative estimate of drug-likeness (QED) is 0.271. The van der Waals surface area contributed by atoms with Crippen LogP contribution >= 0.6 is 0 Å². The van der Waals surface area contributed by atoms with Crippen LogP contribution in [-0.4, -0.2) is 95.7 Å². The Labute approximate surface area is 247 Å². The van der Waals surface area contributed by atoms with Crippen molar-refractivity contribution in [1.29, 1.82) is 0 Å². The number of ether oxygens (including phenoxy) is 1. The molecule has 0 bridgehead atoms. The van der Waals surface area contributed by atoms with E-state index in [9.17, 15) is 22.4 Å². The molecule has 5 rings (SSSR count). The SMILES string of the molecule is [C-]#[N+]C[C@H]1CN(c2nc(OC[C@@H]3C[C@@H](C)CN3C)nc3c2CCN(c2cncc(F)c2C(F)(F)F)C3)CCN1C(=O)C=C. The highest BCUT2D eigenvalue weighted by molar-refractivity contribution is 5.87. The third kappa shape index (κ3) is 6.36. The Morgan fingerprint density at radius 2 is 1.98 bits per heavy atom. The molecule has 3 aliphatic heterocycles. The first-order valence-electron chi connectivity index (χ1n) is 14.2. The van der Waals surface area contributed by atoms with Crippen molar-refractivity contribution in [3.05, 3.63) is 59.1 Å². The molecule has 0 spiro atoms. The Balaban J connectivity index is 1.49. The van der Waals surface area contributed by atoms with Gasteiger partial charge in [-0.25, -0.2) is 11.0 Å². The van der Waals surface area contributed by atoms with Crippen LogP contribution < -0.4 is 14.5 Å². The number of likely N-dealkylation sites (tertiary alicyclic amines) is 1. The van der Waals surface area contributed by atoms with Gasteiger partial charge in [-0.2, -0.15) is 23.1 Å². The summed E-state index contributed by atoms with van der Waals surface area (Å²) in [7, 11) is 2.03. The largest absolute Gasteiger partial charge is 0.462 e. The van der Waals surface area contributed by atoms with Gasteiger partial charge >= 0.3 is 12.2 Å². The number of amides is 1. The zero-order chi connectivity index (χ0) is 30.9. The number of hydrogen-bond acceptors (Lipinski definition) is 8. The van der Waals surface area contributed by atoms with E-state index in [1.54, 1.807) is 4.90 Å². The number of piperazine rings is 1. The molecule has 0 aliphatic carbocycles. The summed E-state index contributed by atoms with van der Waals surface area (Å²) in [6.45, 7) is 15.8. The smallest absolute Gasteiger partial charge is 0.421 e. The van der Waals surface area contributed by atoms with E-state index in [1.807, 2.05) is 11.9 Å². The number of halogens is 4. The summed E-state index contributed by atoms with van der Waals surface area (Å²) in [5.74, 6) is -0.599.